The minimum Gasteiger partial charge on any atom is -0.494 e. The molecular formula is C16H24FNO3. The Hall–Kier alpha value is -1.62. The number of benzene rings is 1. The number of carboxylic acids is 1. The van der Waals surface area contributed by atoms with E-state index in [1.54, 1.807) is 6.07 Å². The van der Waals surface area contributed by atoms with Crippen LogP contribution in [0.1, 0.15) is 45.7 Å². The lowest BCUT2D eigenvalue weighted by atomic mass is 9.98. The third kappa shape index (κ3) is 4.70. The summed E-state index contributed by atoms with van der Waals surface area (Å²) in [6, 6.07) is 4.76. The summed E-state index contributed by atoms with van der Waals surface area (Å²) >= 11 is 0. The first-order valence-corrected chi connectivity index (χ1v) is 6.98. The van der Waals surface area contributed by atoms with Crippen LogP contribution in [0.2, 0.25) is 0 Å². The van der Waals surface area contributed by atoms with Gasteiger partial charge < -0.3 is 9.84 Å². The largest absolute Gasteiger partial charge is 0.494 e. The summed E-state index contributed by atoms with van der Waals surface area (Å²) in [6.07, 6.45) is 0.0558. The number of hydrogen-bond acceptors (Lipinski definition) is 3. The van der Waals surface area contributed by atoms with Crippen LogP contribution in [0.25, 0.3) is 0 Å². The summed E-state index contributed by atoms with van der Waals surface area (Å²) in [4.78, 5) is 12.9. The number of hydrogen-bond donors (Lipinski definition) is 1. The Morgan fingerprint density at radius 1 is 1.43 bits per heavy atom. The van der Waals surface area contributed by atoms with E-state index in [4.69, 9.17) is 9.84 Å². The molecule has 4 nitrogen and oxygen atoms in total. The third-order valence-corrected chi connectivity index (χ3v) is 3.55. The number of aliphatic carboxylic acids is 1. The average Bonchev–Trinajstić information content (AvgIpc) is 2.36. The summed E-state index contributed by atoms with van der Waals surface area (Å²) in [6.45, 7) is 8.42. The third-order valence-electron chi connectivity index (χ3n) is 3.55. The van der Waals surface area contributed by atoms with E-state index < -0.39 is 11.8 Å². The number of halogens is 1. The summed E-state index contributed by atoms with van der Waals surface area (Å²) in [5.41, 5.74) is 0.583. The van der Waals surface area contributed by atoms with Crippen LogP contribution in [-0.4, -0.2) is 35.2 Å². The van der Waals surface area contributed by atoms with Crippen molar-refractivity contribution in [3.63, 3.8) is 0 Å². The molecule has 0 aliphatic carbocycles. The van der Waals surface area contributed by atoms with Crippen LogP contribution in [-0.2, 0) is 4.79 Å². The standard InChI is InChI=1S/C16H24FNO3/c1-11(12-6-7-14(21-5)13(17)10-12)18(16(2,3)4)9-8-15(19)20/h6-7,10-11H,8-9H2,1-5H3,(H,19,20). The van der Waals surface area contributed by atoms with Crippen LogP contribution in [0.5, 0.6) is 5.75 Å². The minimum atomic E-state index is -0.836. The van der Waals surface area contributed by atoms with Crippen LogP contribution in [0.15, 0.2) is 18.2 Å². The predicted octanol–water partition coefficient (Wildman–Crippen LogP) is 3.47. The molecule has 0 saturated carbocycles. The summed E-state index contributed by atoms with van der Waals surface area (Å²) < 4.78 is 18.8. The molecule has 0 amide bonds. The zero-order valence-electron chi connectivity index (χ0n) is 13.3. The minimum absolute atomic E-state index is 0.0558. The van der Waals surface area contributed by atoms with Gasteiger partial charge in [0, 0.05) is 18.1 Å². The first kappa shape index (κ1) is 17.4. The molecule has 0 fully saturated rings. The van der Waals surface area contributed by atoms with Crippen molar-refractivity contribution in [3.8, 4) is 5.75 Å². The van der Waals surface area contributed by atoms with Gasteiger partial charge in [-0.2, -0.15) is 0 Å². The molecule has 21 heavy (non-hydrogen) atoms. The van der Waals surface area contributed by atoms with Gasteiger partial charge in [-0.25, -0.2) is 4.39 Å². The molecule has 0 heterocycles. The average molecular weight is 297 g/mol. The second kappa shape index (κ2) is 6.89. The second-order valence-corrected chi connectivity index (χ2v) is 6.08. The van der Waals surface area contributed by atoms with Crippen LogP contribution in [0.3, 0.4) is 0 Å². The first-order valence-electron chi connectivity index (χ1n) is 6.98. The molecule has 1 aromatic carbocycles. The lowest BCUT2D eigenvalue weighted by molar-refractivity contribution is -0.137. The Labute approximate surface area is 125 Å². The maximum atomic E-state index is 13.8. The van der Waals surface area contributed by atoms with Crippen LogP contribution < -0.4 is 4.74 Å². The van der Waals surface area contributed by atoms with Gasteiger partial charge in [-0.3, -0.25) is 9.69 Å². The number of carboxylic acid groups (broad SMARTS) is 1. The van der Waals surface area contributed by atoms with Gasteiger partial charge in [0.15, 0.2) is 11.6 Å². The lowest BCUT2D eigenvalue weighted by Gasteiger charge is -2.40. The summed E-state index contributed by atoms with van der Waals surface area (Å²) in [7, 11) is 1.43. The van der Waals surface area contributed by atoms with Gasteiger partial charge in [0.2, 0.25) is 0 Å². The molecular weight excluding hydrogens is 273 g/mol. The van der Waals surface area contributed by atoms with Gasteiger partial charge >= 0.3 is 5.97 Å². The highest BCUT2D eigenvalue weighted by Crippen LogP contribution is 2.30. The van der Waals surface area contributed by atoms with E-state index >= 15 is 0 Å². The van der Waals surface area contributed by atoms with Crippen LogP contribution in [0, 0.1) is 5.82 Å². The normalized spacial score (nSPS) is 13.3. The Bertz CT molecular complexity index is 497. The molecule has 1 unspecified atom stereocenters. The van der Waals surface area contributed by atoms with Gasteiger partial charge in [0.1, 0.15) is 0 Å². The molecule has 0 spiro atoms. The van der Waals surface area contributed by atoms with E-state index in [1.165, 1.54) is 13.2 Å². The van der Waals surface area contributed by atoms with E-state index in [1.807, 2.05) is 33.8 Å². The molecule has 5 heteroatoms. The monoisotopic (exact) mass is 297 g/mol. The fourth-order valence-electron chi connectivity index (χ4n) is 2.45. The quantitative estimate of drug-likeness (QED) is 0.873. The number of methoxy groups -OCH3 is 1. The van der Waals surface area contributed by atoms with Gasteiger partial charge in [0.05, 0.1) is 13.5 Å². The number of rotatable bonds is 6. The van der Waals surface area contributed by atoms with Crippen molar-refractivity contribution < 1.29 is 19.0 Å². The second-order valence-electron chi connectivity index (χ2n) is 6.08. The highest BCUT2D eigenvalue weighted by Gasteiger charge is 2.28. The van der Waals surface area contributed by atoms with Gasteiger partial charge in [-0.05, 0) is 45.4 Å². The Balaban J connectivity index is 3.01. The van der Waals surface area contributed by atoms with Gasteiger partial charge in [-0.1, -0.05) is 6.07 Å². The molecule has 118 valence electrons. The van der Waals surface area contributed by atoms with Crippen LogP contribution in [0.4, 0.5) is 4.39 Å². The fourth-order valence-corrected chi connectivity index (χ4v) is 2.45. The summed E-state index contributed by atoms with van der Waals surface area (Å²) in [5, 5.41) is 8.89. The van der Waals surface area contributed by atoms with Crippen LogP contribution >= 0.6 is 0 Å². The molecule has 0 saturated heterocycles. The molecule has 0 radical (unpaired) electrons. The first-order chi connectivity index (χ1) is 9.66. The molecule has 1 rings (SSSR count). The smallest absolute Gasteiger partial charge is 0.304 e. The number of ether oxygens (including phenoxy) is 1. The van der Waals surface area contributed by atoms with Crippen molar-refractivity contribution in [3.05, 3.63) is 29.6 Å². The molecule has 1 atom stereocenters. The maximum absolute atomic E-state index is 13.8. The van der Waals surface area contributed by atoms with Crippen molar-refractivity contribution >= 4 is 5.97 Å². The van der Waals surface area contributed by atoms with Crippen molar-refractivity contribution in [1.29, 1.82) is 0 Å². The van der Waals surface area contributed by atoms with E-state index in [-0.39, 0.29) is 23.8 Å². The molecule has 0 aliphatic rings. The predicted molar refractivity (Wildman–Crippen MR) is 80.1 cm³/mol. The van der Waals surface area contributed by atoms with Crippen molar-refractivity contribution in [2.24, 2.45) is 0 Å². The summed E-state index contributed by atoms with van der Waals surface area (Å²) in [5.74, 6) is -1.04. The number of carbonyl (C=O) groups is 1. The Morgan fingerprint density at radius 3 is 2.48 bits per heavy atom. The van der Waals surface area contributed by atoms with Crippen molar-refractivity contribution in [2.45, 2.75) is 45.7 Å². The van der Waals surface area contributed by atoms with E-state index in [2.05, 4.69) is 4.90 Å². The zero-order chi connectivity index (χ0) is 16.2. The lowest BCUT2D eigenvalue weighted by Crippen LogP contribution is -2.44. The SMILES string of the molecule is COc1ccc(C(C)N(CCC(=O)O)C(C)(C)C)cc1F. The molecule has 0 aromatic heterocycles. The van der Waals surface area contributed by atoms with Gasteiger partial charge in [-0.15, -0.1) is 0 Å². The molecule has 0 aliphatic heterocycles. The maximum Gasteiger partial charge on any atom is 0.304 e. The van der Waals surface area contributed by atoms with Crippen molar-refractivity contribution in [2.75, 3.05) is 13.7 Å². The molecule has 0 bridgehead atoms. The Kier molecular flexibility index (Phi) is 5.72. The van der Waals surface area contributed by atoms with E-state index in [0.29, 0.717) is 6.54 Å². The van der Waals surface area contributed by atoms with E-state index in [9.17, 15) is 9.18 Å². The number of nitrogens with zero attached hydrogens (tertiary/aromatic N) is 1. The van der Waals surface area contributed by atoms with Crippen molar-refractivity contribution in [1.82, 2.24) is 4.90 Å². The highest BCUT2D eigenvalue weighted by molar-refractivity contribution is 5.66. The molecule has 1 aromatic rings. The zero-order valence-corrected chi connectivity index (χ0v) is 13.3. The Morgan fingerprint density at radius 2 is 2.05 bits per heavy atom. The van der Waals surface area contributed by atoms with Gasteiger partial charge in [0.25, 0.3) is 0 Å². The topological polar surface area (TPSA) is 49.8 Å². The molecule has 1 N–H and O–H groups in total. The highest BCUT2D eigenvalue weighted by atomic mass is 19.1. The van der Waals surface area contributed by atoms with E-state index in [0.717, 1.165) is 5.56 Å². The fraction of sp³-hybridized carbons (Fsp3) is 0.562.